The summed E-state index contributed by atoms with van der Waals surface area (Å²) in [5, 5.41) is 30.5. The molecule has 31 heavy (non-hydrogen) atoms. The van der Waals surface area contributed by atoms with Gasteiger partial charge in [0.25, 0.3) is 0 Å². The summed E-state index contributed by atoms with van der Waals surface area (Å²) in [6.45, 7) is 6.46. The zero-order valence-electron chi connectivity index (χ0n) is 18.2. The summed E-state index contributed by atoms with van der Waals surface area (Å²) in [5.41, 5.74) is 5.27. The lowest BCUT2D eigenvalue weighted by atomic mass is 9.49. The van der Waals surface area contributed by atoms with Crippen molar-refractivity contribution in [3.05, 3.63) is 52.7 Å². The van der Waals surface area contributed by atoms with Crippen LogP contribution in [0.1, 0.15) is 39.2 Å². The van der Waals surface area contributed by atoms with E-state index in [0.717, 1.165) is 11.3 Å². The molecule has 1 amide bonds. The normalized spacial score (nSPS) is 28.9. The largest absolute Gasteiger partial charge is 0.399 e. The molecular weight excluding hydrogens is 386 g/mol. The number of likely N-dealkylation sites (N-methyl/N-ethyl adjacent to an activating group) is 1. The molecule has 6 heteroatoms. The first kappa shape index (κ1) is 20.7. The maximum absolute atomic E-state index is 13.9. The molecule has 0 saturated carbocycles. The highest BCUT2D eigenvalue weighted by Gasteiger charge is 2.66. The fourth-order valence-corrected chi connectivity index (χ4v) is 5.77. The van der Waals surface area contributed by atoms with E-state index in [1.54, 1.807) is 11.9 Å². The Morgan fingerprint density at radius 2 is 1.81 bits per heavy atom. The summed E-state index contributed by atoms with van der Waals surface area (Å²) in [6, 6.07) is 13.8. The summed E-state index contributed by atoms with van der Waals surface area (Å²) in [6.07, 6.45) is 3.22. The third-order valence-corrected chi connectivity index (χ3v) is 7.55. The molecule has 2 N–H and O–H groups in total. The van der Waals surface area contributed by atoms with Crippen LogP contribution in [0.2, 0.25) is 0 Å². The van der Waals surface area contributed by atoms with Gasteiger partial charge in [0.2, 0.25) is 11.3 Å². The highest BCUT2D eigenvalue weighted by molar-refractivity contribution is 6.11. The first-order valence-corrected chi connectivity index (χ1v) is 10.4. The number of hydrogen-bond acceptors (Lipinski definition) is 5. The average Bonchev–Trinajstić information content (AvgIpc) is 2.97. The topological polar surface area (TPSA) is 118 Å². The minimum atomic E-state index is -1.74. The molecular formula is C25H25N5O. The van der Waals surface area contributed by atoms with E-state index >= 15 is 0 Å². The highest BCUT2D eigenvalue weighted by atomic mass is 16.2. The van der Waals surface area contributed by atoms with Gasteiger partial charge in [0, 0.05) is 18.7 Å². The number of carbonyl (C=O) groups is 1. The molecule has 0 radical (unpaired) electrons. The number of nitrogens with zero attached hydrogens (tertiary/aromatic N) is 4. The third-order valence-electron chi connectivity index (χ3n) is 7.55. The number of benzene rings is 1. The van der Waals surface area contributed by atoms with E-state index < -0.39 is 16.7 Å². The summed E-state index contributed by atoms with van der Waals surface area (Å²) >= 11 is 0. The van der Waals surface area contributed by atoms with Gasteiger partial charge in [-0.25, -0.2) is 0 Å². The van der Waals surface area contributed by atoms with Crippen LogP contribution < -0.4 is 10.6 Å². The Morgan fingerprint density at radius 1 is 1.16 bits per heavy atom. The molecule has 1 spiro atoms. The molecule has 0 unspecified atom stereocenters. The Morgan fingerprint density at radius 3 is 2.39 bits per heavy atom. The maximum atomic E-state index is 13.9. The van der Waals surface area contributed by atoms with Gasteiger partial charge in [0.05, 0.1) is 29.5 Å². The van der Waals surface area contributed by atoms with E-state index in [4.69, 9.17) is 5.73 Å². The molecule has 156 valence electrons. The van der Waals surface area contributed by atoms with E-state index in [1.807, 2.05) is 30.3 Å². The van der Waals surface area contributed by atoms with Crippen molar-refractivity contribution in [2.45, 2.75) is 39.0 Å². The molecule has 2 aliphatic carbocycles. The van der Waals surface area contributed by atoms with Crippen LogP contribution in [0.15, 0.2) is 47.2 Å². The summed E-state index contributed by atoms with van der Waals surface area (Å²) in [7, 11) is 1.70. The number of allylic oxidation sites excluding steroid dienone is 2. The second-order valence-electron chi connectivity index (χ2n) is 9.81. The second kappa shape index (κ2) is 6.47. The molecule has 0 fully saturated rings. The van der Waals surface area contributed by atoms with Crippen molar-refractivity contribution in [1.82, 2.24) is 0 Å². The van der Waals surface area contributed by atoms with Gasteiger partial charge in [-0.05, 0) is 41.4 Å². The lowest BCUT2D eigenvalue weighted by Crippen LogP contribution is -2.55. The van der Waals surface area contributed by atoms with Crippen LogP contribution in [-0.4, -0.2) is 13.0 Å². The van der Waals surface area contributed by atoms with Gasteiger partial charge in [-0.3, -0.25) is 4.79 Å². The van der Waals surface area contributed by atoms with Gasteiger partial charge >= 0.3 is 0 Å². The van der Waals surface area contributed by atoms with Gasteiger partial charge in [-0.1, -0.05) is 45.0 Å². The predicted octanol–water partition coefficient (Wildman–Crippen LogP) is 3.68. The predicted molar refractivity (Wildman–Crippen MR) is 116 cm³/mol. The van der Waals surface area contributed by atoms with E-state index in [1.165, 1.54) is 0 Å². The Balaban J connectivity index is 2.15. The van der Waals surface area contributed by atoms with Gasteiger partial charge in [-0.2, -0.15) is 15.8 Å². The molecule has 3 atom stereocenters. The van der Waals surface area contributed by atoms with Crippen molar-refractivity contribution in [2.75, 3.05) is 11.9 Å². The smallest absolute Gasteiger partial charge is 0.243 e. The molecule has 1 aliphatic heterocycles. The highest BCUT2D eigenvalue weighted by Crippen LogP contribution is 2.63. The SMILES string of the molecule is CN1C(=O)[C@]2(C(C#N)=C(N)C(C#N)(C#N)C3=CC[C@@H](C(C)(C)C)C[C@H]32)c2ccccc21. The number of amides is 1. The lowest BCUT2D eigenvalue weighted by Gasteiger charge is -2.50. The van der Waals surface area contributed by atoms with Crippen LogP contribution in [0.3, 0.4) is 0 Å². The number of rotatable bonds is 0. The van der Waals surface area contributed by atoms with Crippen molar-refractivity contribution in [1.29, 1.82) is 15.8 Å². The molecule has 0 saturated heterocycles. The number of para-hydroxylation sites is 1. The standard InChI is InChI=1S/C25H25N5O/c1-23(2,3)15-9-10-16-18(11-15)25(19(12-26)21(29)24(16,13-27)14-28)17-7-5-6-8-20(17)30(4)22(25)31/h5-8,10,15,18H,9,11,29H2,1-4H3/t15-,18-,25-/m1/s1. The van der Waals surface area contributed by atoms with E-state index in [9.17, 15) is 20.6 Å². The van der Waals surface area contributed by atoms with Crippen LogP contribution >= 0.6 is 0 Å². The van der Waals surface area contributed by atoms with Gasteiger partial charge < -0.3 is 10.6 Å². The first-order valence-electron chi connectivity index (χ1n) is 10.4. The maximum Gasteiger partial charge on any atom is 0.243 e. The van der Waals surface area contributed by atoms with Gasteiger partial charge in [-0.15, -0.1) is 0 Å². The van der Waals surface area contributed by atoms with Crippen LogP contribution in [0.4, 0.5) is 5.69 Å². The Hall–Kier alpha value is -3.56. The summed E-state index contributed by atoms with van der Waals surface area (Å²) in [4.78, 5) is 15.5. The third kappa shape index (κ3) is 2.32. The fraction of sp³-hybridized carbons (Fsp3) is 0.440. The Bertz CT molecular complexity index is 1170. The molecule has 0 aromatic heterocycles. The van der Waals surface area contributed by atoms with E-state index in [2.05, 4.69) is 39.0 Å². The van der Waals surface area contributed by atoms with Crippen LogP contribution in [0.25, 0.3) is 0 Å². The summed E-state index contributed by atoms with van der Waals surface area (Å²) in [5.74, 6) is -0.508. The van der Waals surface area contributed by atoms with E-state index in [0.29, 0.717) is 18.4 Å². The van der Waals surface area contributed by atoms with Crippen LogP contribution in [0.5, 0.6) is 0 Å². The molecule has 3 aliphatic rings. The number of carbonyl (C=O) groups excluding carboxylic acids is 1. The monoisotopic (exact) mass is 411 g/mol. The number of nitrogens with two attached hydrogens (primary N) is 1. The Kier molecular flexibility index (Phi) is 4.32. The number of anilines is 1. The Labute approximate surface area is 182 Å². The zero-order chi connectivity index (χ0) is 22.8. The minimum Gasteiger partial charge on any atom is -0.399 e. The lowest BCUT2D eigenvalue weighted by molar-refractivity contribution is -0.123. The second-order valence-corrected chi connectivity index (χ2v) is 9.81. The molecule has 6 nitrogen and oxygen atoms in total. The minimum absolute atomic E-state index is 0.0362. The van der Waals surface area contributed by atoms with Gasteiger partial charge in [0.1, 0.15) is 5.41 Å². The zero-order valence-corrected chi connectivity index (χ0v) is 18.2. The number of nitriles is 3. The molecule has 1 aromatic rings. The first-order chi connectivity index (χ1) is 14.6. The number of hydrogen-bond donors (Lipinski definition) is 1. The molecule has 1 aromatic carbocycles. The van der Waals surface area contributed by atoms with Crippen molar-refractivity contribution in [3.63, 3.8) is 0 Å². The van der Waals surface area contributed by atoms with Gasteiger partial charge in [0.15, 0.2) is 0 Å². The fourth-order valence-electron chi connectivity index (χ4n) is 5.77. The number of fused-ring (bicyclic) bond motifs is 4. The molecule has 1 heterocycles. The van der Waals surface area contributed by atoms with E-state index in [-0.39, 0.29) is 28.5 Å². The van der Waals surface area contributed by atoms with Crippen molar-refractivity contribution < 1.29 is 4.79 Å². The quantitative estimate of drug-likeness (QED) is 0.653. The van der Waals surface area contributed by atoms with Crippen LogP contribution in [0, 0.1) is 56.7 Å². The summed E-state index contributed by atoms with van der Waals surface area (Å²) < 4.78 is 0. The molecule has 0 bridgehead atoms. The van der Waals surface area contributed by atoms with Crippen molar-refractivity contribution in [3.8, 4) is 18.2 Å². The van der Waals surface area contributed by atoms with Crippen molar-refractivity contribution >= 4 is 11.6 Å². The molecule has 4 rings (SSSR count). The van der Waals surface area contributed by atoms with Crippen molar-refractivity contribution in [2.24, 2.45) is 28.4 Å². The average molecular weight is 412 g/mol. The van der Waals surface area contributed by atoms with Crippen LogP contribution in [-0.2, 0) is 10.2 Å².